The summed E-state index contributed by atoms with van der Waals surface area (Å²) in [6.45, 7) is 3.98. The Labute approximate surface area is 173 Å². The fourth-order valence-corrected chi connectivity index (χ4v) is 5.82. The highest BCUT2D eigenvalue weighted by Crippen LogP contribution is 2.59. The Bertz CT molecular complexity index is 642. The summed E-state index contributed by atoms with van der Waals surface area (Å²) in [7, 11) is 0. The van der Waals surface area contributed by atoms with Gasteiger partial charge in [0.2, 0.25) is 0 Å². The summed E-state index contributed by atoms with van der Waals surface area (Å²) >= 11 is 2.07. The molecular weight excluding hydrogens is 463 g/mol. The predicted octanol–water partition coefficient (Wildman–Crippen LogP) is 3.19. The van der Waals surface area contributed by atoms with Crippen molar-refractivity contribution in [2.45, 2.75) is 80.5 Å². The molecule has 0 amide bonds. The molecule has 6 nitrogen and oxygen atoms in total. The van der Waals surface area contributed by atoms with Gasteiger partial charge >= 0.3 is 17.9 Å². The lowest BCUT2D eigenvalue weighted by molar-refractivity contribution is -0.174. The van der Waals surface area contributed by atoms with Crippen LogP contribution < -0.4 is 0 Å². The van der Waals surface area contributed by atoms with Crippen molar-refractivity contribution in [3.8, 4) is 0 Å². The van der Waals surface area contributed by atoms with Gasteiger partial charge in [0.15, 0.2) is 0 Å². The van der Waals surface area contributed by atoms with Gasteiger partial charge in [-0.05, 0) is 44.9 Å². The van der Waals surface area contributed by atoms with Crippen LogP contribution in [0, 0.1) is 23.7 Å². The molecule has 4 aliphatic rings. The maximum atomic E-state index is 13.1. The van der Waals surface area contributed by atoms with Crippen LogP contribution in [0.25, 0.3) is 0 Å². The van der Waals surface area contributed by atoms with Crippen molar-refractivity contribution in [1.29, 1.82) is 0 Å². The number of fused-ring (bicyclic) bond motifs is 1. The average molecular weight is 490 g/mol. The smallest absolute Gasteiger partial charge is 0.319 e. The second-order valence-electron chi connectivity index (χ2n) is 8.46. The molecule has 4 fully saturated rings. The van der Waals surface area contributed by atoms with Crippen LogP contribution in [0.2, 0.25) is 0 Å². The Morgan fingerprint density at radius 1 is 1.26 bits per heavy atom. The molecule has 27 heavy (non-hydrogen) atoms. The molecule has 3 saturated carbocycles. The van der Waals surface area contributed by atoms with Crippen molar-refractivity contribution >= 4 is 40.5 Å². The van der Waals surface area contributed by atoms with Gasteiger partial charge in [0, 0.05) is 11.8 Å². The van der Waals surface area contributed by atoms with Crippen LogP contribution in [-0.2, 0) is 28.6 Å². The molecule has 0 aromatic heterocycles. The SMILES string of the molecule is CCC(I)C(=O)OC1C2CC3C1OC(=O)C3C2C(=O)OC1(CC)CCCC1. The Balaban J connectivity index is 1.53. The van der Waals surface area contributed by atoms with E-state index < -0.39 is 24.0 Å². The fraction of sp³-hybridized carbons (Fsp3) is 0.850. The molecule has 150 valence electrons. The Hall–Kier alpha value is -0.860. The maximum absolute atomic E-state index is 13.1. The van der Waals surface area contributed by atoms with Gasteiger partial charge in [-0.2, -0.15) is 0 Å². The summed E-state index contributed by atoms with van der Waals surface area (Å²) in [6.07, 6.45) is 5.16. The number of ether oxygens (including phenoxy) is 3. The van der Waals surface area contributed by atoms with Crippen molar-refractivity contribution in [1.82, 2.24) is 0 Å². The van der Waals surface area contributed by atoms with Crippen molar-refractivity contribution in [3.63, 3.8) is 0 Å². The van der Waals surface area contributed by atoms with Crippen LogP contribution in [0.1, 0.15) is 58.8 Å². The van der Waals surface area contributed by atoms with E-state index in [9.17, 15) is 14.4 Å². The molecule has 0 spiro atoms. The third kappa shape index (κ3) is 3.08. The van der Waals surface area contributed by atoms with Crippen molar-refractivity contribution in [3.05, 3.63) is 0 Å². The molecule has 4 rings (SSSR count). The quantitative estimate of drug-likeness (QED) is 0.246. The number of carbonyl (C=O) groups excluding carboxylic acids is 3. The predicted molar refractivity (Wildman–Crippen MR) is 104 cm³/mol. The van der Waals surface area contributed by atoms with E-state index in [-0.39, 0.29) is 39.3 Å². The van der Waals surface area contributed by atoms with E-state index in [4.69, 9.17) is 14.2 Å². The first-order valence-corrected chi connectivity index (χ1v) is 11.4. The maximum Gasteiger partial charge on any atom is 0.319 e. The zero-order valence-corrected chi connectivity index (χ0v) is 18.0. The van der Waals surface area contributed by atoms with Gasteiger partial charge in [-0.1, -0.05) is 36.4 Å². The monoisotopic (exact) mass is 490 g/mol. The van der Waals surface area contributed by atoms with E-state index in [0.29, 0.717) is 12.8 Å². The van der Waals surface area contributed by atoms with Gasteiger partial charge in [-0.3, -0.25) is 14.4 Å². The number of hydrogen-bond donors (Lipinski definition) is 0. The summed E-state index contributed by atoms with van der Waals surface area (Å²) in [5, 5.41) is 0. The highest BCUT2D eigenvalue weighted by atomic mass is 127. The number of halogens is 1. The standard InChI is InChI=1S/C20H27IO6/c1-3-12(21)17(22)25-15-11-9-10-13(18(23)26-16(10)15)14(11)19(24)27-20(4-2)7-5-6-8-20/h10-16H,3-9H2,1-2H3. The van der Waals surface area contributed by atoms with E-state index in [1.807, 2.05) is 6.92 Å². The molecule has 1 heterocycles. The van der Waals surface area contributed by atoms with Gasteiger partial charge in [0.25, 0.3) is 0 Å². The molecule has 0 radical (unpaired) electrons. The molecule has 1 aliphatic heterocycles. The molecule has 7 unspecified atom stereocenters. The van der Waals surface area contributed by atoms with Crippen molar-refractivity contribution in [2.24, 2.45) is 23.7 Å². The number of rotatable bonds is 6. The third-order valence-corrected chi connectivity index (χ3v) is 8.55. The first-order chi connectivity index (χ1) is 12.9. The summed E-state index contributed by atoms with van der Waals surface area (Å²) in [5.74, 6) is -2.10. The topological polar surface area (TPSA) is 78.9 Å². The van der Waals surface area contributed by atoms with Gasteiger partial charge in [0.05, 0.1) is 11.8 Å². The number of carbonyl (C=O) groups is 3. The minimum atomic E-state index is -0.544. The minimum Gasteiger partial charge on any atom is -0.459 e. The first-order valence-electron chi connectivity index (χ1n) is 10.2. The summed E-state index contributed by atoms with van der Waals surface area (Å²) in [4.78, 5) is 37.9. The van der Waals surface area contributed by atoms with Crippen LogP contribution >= 0.6 is 22.6 Å². The number of esters is 3. The van der Waals surface area contributed by atoms with Crippen LogP contribution in [0.5, 0.6) is 0 Å². The Morgan fingerprint density at radius 2 is 1.96 bits per heavy atom. The lowest BCUT2D eigenvalue weighted by Crippen LogP contribution is -2.46. The van der Waals surface area contributed by atoms with Crippen molar-refractivity contribution in [2.75, 3.05) is 0 Å². The van der Waals surface area contributed by atoms with Crippen LogP contribution in [0.4, 0.5) is 0 Å². The Morgan fingerprint density at radius 3 is 2.59 bits per heavy atom. The van der Waals surface area contributed by atoms with E-state index >= 15 is 0 Å². The molecule has 1 saturated heterocycles. The molecule has 2 bridgehead atoms. The lowest BCUT2D eigenvalue weighted by atomic mass is 9.78. The third-order valence-electron chi connectivity index (χ3n) is 7.16. The fourth-order valence-electron chi connectivity index (χ4n) is 5.67. The number of alkyl halides is 1. The highest BCUT2D eigenvalue weighted by molar-refractivity contribution is 14.1. The second kappa shape index (κ2) is 7.19. The molecule has 0 aromatic rings. The molecule has 3 aliphatic carbocycles. The van der Waals surface area contributed by atoms with Crippen LogP contribution in [0.15, 0.2) is 0 Å². The van der Waals surface area contributed by atoms with E-state index in [2.05, 4.69) is 29.5 Å². The first kappa shape index (κ1) is 19.5. The van der Waals surface area contributed by atoms with E-state index in [1.54, 1.807) is 0 Å². The second-order valence-corrected chi connectivity index (χ2v) is 9.96. The van der Waals surface area contributed by atoms with E-state index in [0.717, 1.165) is 32.1 Å². The van der Waals surface area contributed by atoms with E-state index in [1.165, 1.54) is 0 Å². The van der Waals surface area contributed by atoms with Gasteiger partial charge < -0.3 is 14.2 Å². The van der Waals surface area contributed by atoms with Crippen LogP contribution in [0.3, 0.4) is 0 Å². The zero-order chi connectivity index (χ0) is 19.3. The summed E-state index contributed by atoms with van der Waals surface area (Å²) in [6, 6.07) is 0. The van der Waals surface area contributed by atoms with Crippen LogP contribution in [-0.4, -0.2) is 39.6 Å². The lowest BCUT2D eigenvalue weighted by Gasteiger charge is -2.34. The highest BCUT2D eigenvalue weighted by Gasteiger charge is 2.70. The molecule has 0 aromatic carbocycles. The number of hydrogen-bond acceptors (Lipinski definition) is 6. The normalized spacial score (nSPS) is 39.3. The molecule has 0 N–H and O–H groups in total. The average Bonchev–Trinajstić information content (AvgIpc) is 3.38. The Kier molecular flexibility index (Phi) is 5.18. The van der Waals surface area contributed by atoms with Gasteiger partial charge in [-0.15, -0.1) is 0 Å². The van der Waals surface area contributed by atoms with Crippen molar-refractivity contribution < 1.29 is 28.6 Å². The minimum absolute atomic E-state index is 0.0340. The molecule has 7 heteroatoms. The zero-order valence-electron chi connectivity index (χ0n) is 15.8. The largest absolute Gasteiger partial charge is 0.459 e. The molecule has 7 atom stereocenters. The summed E-state index contributed by atoms with van der Waals surface area (Å²) in [5.41, 5.74) is -0.386. The van der Waals surface area contributed by atoms with Gasteiger partial charge in [-0.25, -0.2) is 0 Å². The van der Waals surface area contributed by atoms with Gasteiger partial charge in [0.1, 0.15) is 21.7 Å². The molecular formula is C20H27IO6. The summed E-state index contributed by atoms with van der Waals surface area (Å²) < 4.78 is 17.1.